The van der Waals surface area contributed by atoms with Crippen LogP contribution in [0.3, 0.4) is 0 Å². The summed E-state index contributed by atoms with van der Waals surface area (Å²) < 4.78 is 63.9. The van der Waals surface area contributed by atoms with Gasteiger partial charge in [0.25, 0.3) is 6.43 Å². The summed E-state index contributed by atoms with van der Waals surface area (Å²) in [5.41, 5.74) is 6.03. The van der Waals surface area contributed by atoms with Gasteiger partial charge in [-0.05, 0) is 18.1 Å². The molecule has 0 saturated heterocycles. The summed E-state index contributed by atoms with van der Waals surface area (Å²) >= 11 is 0. The van der Waals surface area contributed by atoms with Crippen molar-refractivity contribution in [2.75, 3.05) is 12.3 Å². The van der Waals surface area contributed by atoms with Crippen LogP contribution in [0.5, 0.6) is 5.75 Å². The van der Waals surface area contributed by atoms with E-state index in [1.165, 1.54) is 16.8 Å². The zero-order chi connectivity index (χ0) is 24.3. The first-order chi connectivity index (χ1) is 16.2. The van der Waals surface area contributed by atoms with Crippen molar-refractivity contribution in [2.24, 2.45) is 0 Å². The van der Waals surface area contributed by atoms with E-state index < -0.39 is 48.0 Å². The molecule has 0 radical (unpaired) electrons. The predicted molar refractivity (Wildman–Crippen MR) is 116 cm³/mol. The molecule has 1 aliphatic carbocycles. The Hall–Kier alpha value is -2.89. The Morgan fingerprint density at radius 3 is 2.76 bits per heavy atom. The predicted octanol–water partition coefficient (Wildman–Crippen LogP) is 3.16. The summed E-state index contributed by atoms with van der Waals surface area (Å²) in [6.45, 7) is 2.36. The molecule has 1 fully saturated rings. The highest BCUT2D eigenvalue weighted by atomic mass is 19.3. The molecule has 5 unspecified atom stereocenters. The number of anilines is 1. The Morgan fingerprint density at radius 2 is 2.03 bits per heavy atom. The highest BCUT2D eigenvalue weighted by Gasteiger charge is 2.45. The Labute approximate surface area is 192 Å². The van der Waals surface area contributed by atoms with Crippen LogP contribution in [-0.4, -0.2) is 44.6 Å². The van der Waals surface area contributed by atoms with Crippen molar-refractivity contribution < 1.29 is 32.5 Å². The van der Waals surface area contributed by atoms with Gasteiger partial charge in [0, 0.05) is 48.7 Å². The number of ether oxygens (including phenoxy) is 1. The number of halogens is 4. The lowest BCUT2D eigenvalue weighted by Gasteiger charge is -2.29. The Morgan fingerprint density at radius 1 is 1.26 bits per heavy atom. The van der Waals surface area contributed by atoms with Crippen LogP contribution in [0.15, 0.2) is 24.5 Å². The molecule has 0 bridgehead atoms. The molecule has 5 N–H and O–H groups in total. The summed E-state index contributed by atoms with van der Waals surface area (Å²) in [5.74, 6) is -1.91. The molecule has 1 aliphatic heterocycles. The molecule has 5 atom stereocenters. The lowest BCUT2D eigenvalue weighted by Crippen LogP contribution is -2.35. The molecule has 11 heteroatoms. The maximum absolute atomic E-state index is 14.8. The van der Waals surface area contributed by atoms with Crippen molar-refractivity contribution >= 4 is 16.7 Å². The number of aliphatic hydroxyl groups is 2. The van der Waals surface area contributed by atoms with Crippen molar-refractivity contribution in [3.63, 3.8) is 0 Å². The number of rotatable bonds is 4. The van der Waals surface area contributed by atoms with Crippen molar-refractivity contribution in [1.29, 1.82) is 0 Å². The molecule has 3 heterocycles. The Kier molecular flexibility index (Phi) is 5.65. The number of alkyl halides is 2. The molecular weight excluding hydrogens is 456 g/mol. The van der Waals surface area contributed by atoms with Crippen LogP contribution in [0.4, 0.5) is 23.2 Å². The van der Waals surface area contributed by atoms with Crippen LogP contribution in [0.25, 0.3) is 11.0 Å². The van der Waals surface area contributed by atoms with Gasteiger partial charge in [-0.25, -0.2) is 22.5 Å². The molecule has 7 nitrogen and oxygen atoms in total. The highest BCUT2D eigenvalue weighted by molar-refractivity contribution is 5.89. The molecular formula is C23H24F4N4O3. The van der Waals surface area contributed by atoms with Crippen molar-refractivity contribution in [1.82, 2.24) is 14.9 Å². The minimum absolute atomic E-state index is 0.0218. The number of nitrogens with zero attached hydrogens (tertiary/aromatic N) is 2. The molecule has 34 heavy (non-hydrogen) atoms. The average molecular weight is 480 g/mol. The zero-order valence-electron chi connectivity index (χ0n) is 18.2. The standard InChI is InChI=1S/C23H24F4N4O3/c1-9-6-29-7-11-15(4-10(22(26)27)19(25)17(9)11)34-16-5-14(20(32)21(16)33)31-8-12(24)18-13(28)2-3-30-23(18)31/h2-4,8-9,14,16,20-22,29,32-33H,5-7H2,1H3,(H2,28,30). The van der Waals surface area contributed by atoms with Crippen molar-refractivity contribution in [2.45, 2.75) is 56.6 Å². The minimum atomic E-state index is -3.05. The van der Waals surface area contributed by atoms with Crippen LogP contribution in [0.2, 0.25) is 0 Å². The van der Waals surface area contributed by atoms with Crippen LogP contribution in [0, 0.1) is 11.6 Å². The fourth-order valence-corrected chi connectivity index (χ4v) is 5.12. The van der Waals surface area contributed by atoms with Crippen molar-refractivity contribution in [3.8, 4) is 5.75 Å². The first-order valence-electron chi connectivity index (χ1n) is 11.0. The second-order valence-corrected chi connectivity index (χ2v) is 8.93. The van der Waals surface area contributed by atoms with Crippen LogP contribution >= 0.6 is 0 Å². The van der Waals surface area contributed by atoms with Gasteiger partial charge in [-0.3, -0.25) is 0 Å². The minimum Gasteiger partial charge on any atom is -0.487 e. The third-order valence-electron chi connectivity index (χ3n) is 6.81. The summed E-state index contributed by atoms with van der Waals surface area (Å²) in [6, 6.07) is 1.59. The van der Waals surface area contributed by atoms with E-state index in [0.717, 1.165) is 12.3 Å². The van der Waals surface area contributed by atoms with Crippen molar-refractivity contribution in [3.05, 3.63) is 52.9 Å². The van der Waals surface area contributed by atoms with Crippen LogP contribution < -0.4 is 15.8 Å². The molecule has 2 aliphatic rings. The van der Waals surface area contributed by atoms with E-state index in [0.29, 0.717) is 12.1 Å². The van der Waals surface area contributed by atoms with Gasteiger partial charge in [0.1, 0.15) is 35.5 Å². The number of aliphatic hydroxyl groups excluding tert-OH is 2. The fraction of sp³-hybridized carbons (Fsp3) is 0.435. The smallest absolute Gasteiger partial charge is 0.266 e. The number of nitrogens with two attached hydrogens (primary N) is 1. The Balaban J connectivity index is 1.51. The van der Waals surface area contributed by atoms with Gasteiger partial charge >= 0.3 is 0 Å². The second-order valence-electron chi connectivity index (χ2n) is 8.93. The van der Waals surface area contributed by atoms with E-state index in [1.54, 1.807) is 6.92 Å². The zero-order valence-corrected chi connectivity index (χ0v) is 18.2. The lowest BCUT2D eigenvalue weighted by molar-refractivity contribution is -0.0168. The molecule has 0 spiro atoms. The SMILES string of the molecule is CC1CNCc2c(OC3CC(n4cc(F)c5c(N)ccnc54)C(O)C3O)cc(C(F)F)c(F)c21. The number of pyridine rings is 1. The largest absolute Gasteiger partial charge is 0.487 e. The van der Waals surface area contributed by atoms with E-state index in [-0.39, 0.29) is 46.9 Å². The fourth-order valence-electron chi connectivity index (χ4n) is 5.12. The number of hydrogen-bond donors (Lipinski definition) is 4. The van der Waals surface area contributed by atoms with Gasteiger partial charge in [0.2, 0.25) is 0 Å². The number of aromatic nitrogens is 2. The highest BCUT2D eigenvalue weighted by Crippen LogP contribution is 2.42. The molecule has 0 amide bonds. The topological polar surface area (TPSA) is 106 Å². The average Bonchev–Trinajstić information content (AvgIpc) is 3.27. The summed E-state index contributed by atoms with van der Waals surface area (Å²) in [5, 5.41) is 24.7. The van der Waals surface area contributed by atoms with E-state index in [1.807, 2.05) is 0 Å². The third kappa shape index (κ3) is 3.50. The Bertz CT molecular complexity index is 1250. The van der Waals surface area contributed by atoms with Crippen LogP contribution in [0.1, 0.15) is 48.4 Å². The molecule has 182 valence electrons. The summed E-state index contributed by atoms with van der Waals surface area (Å²) in [4.78, 5) is 4.16. The van der Waals surface area contributed by atoms with Gasteiger partial charge in [-0.15, -0.1) is 0 Å². The lowest BCUT2D eigenvalue weighted by atomic mass is 9.89. The molecule has 1 aromatic carbocycles. The molecule has 1 saturated carbocycles. The number of nitrogens with one attached hydrogen (secondary N) is 1. The monoisotopic (exact) mass is 480 g/mol. The van der Waals surface area contributed by atoms with E-state index in [2.05, 4.69) is 10.3 Å². The number of fused-ring (bicyclic) bond motifs is 2. The summed E-state index contributed by atoms with van der Waals surface area (Å²) in [7, 11) is 0. The second kappa shape index (κ2) is 8.40. The van der Waals surface area contributed by atoms with Gasteiger partial charge in [0.15, 0.2) is 5.82 Å². The van der Waals surface area contributed by atoms with E-state index in [9.17, 15) is 27.8 Å². The molecule has 5 rings (SSSR count). The maximum atomic E-state index is 14.8. The summed E-state index contributed by atoms with van der Waals surface area (Å²) in [6.07, 6.45) is -4.24. The van der Waals surface area contributed by atoms with Crippen LogP contribution in [-0.2, 0) is 6.54 Å². The third-order valence-corrected chi connectivity index (χ3v) is 6.81. The van der Waals surface area contributed by atoms with E-state index in [4.69, 9.17) is 10.5 Å². The number of benzene rings is 1. The van der Waals surface area contributed by atoms with Gasteiger partial charge < -0.3 is 30.6 Å². The maximum Gasteiger partial charge on any atom is 0.266 e. The number of hydrogen-bond acceptors (Lipinski definition) is 6. The normalized spacial score (nSPS) is 26.9. The van der Waals surface area contributed by atoms with Gasteiger partial charge in [-0.1, -0.05) is 6.92 Å². The number of nitrogen functional groups attached to an aromatic ring is 1. The first kappa shape index (κ1) is 22.9. The van der Waals surface area contributed by atoms with Gasteiger partial charge in [0.05, 0.1) is 17.0 Å². The first-order valence-corrected chi connectivity index (χ1v) is 11.0. The van der Waals surface area contributed by atoms with E-state index >= 15 is 0 Å². The van der Waals surface area contributed by atoms with Gasteiger partial charge in [-0.2, -0.15) is 0 Å². The quantitative estimate of drug-likeness (QED) is 0.428. The molecule has 2 aromatic heterocycles. The molecule has 3 aromatic rings.